The normalized spacial score (nSPS) is 9.47. The van der Waals surface area contributed by atoms with Gasteiger partial charge in [0.25, 0.3) is 0 Å². The Morgan fingerprint density at radius 2 is 1.87 bits per heavy atom. The van der Waals surface area contributed by atoms with E-state index in [1.165, 1.54) is 0 Å². The molecule has 15 heavy (non-hydrogen) atoms. The van der Waals surface area contributed by atoms with Gasteiger partial charge in [0, 0.05) is 25.9 Å². The third-order valence-electron chi connectivity index (χ3n) is 1.84. The van der Waals surface area contributed by atoms with Gasteiger partial charge in [-0.25, -0.2) is 5.56 Å². The molecule has 0 amide bonds. The van der Waals surface area contributed by atoms with E-state index in [9.17, 15) is 8.78 Å². The van der Waals surface area contributed by atoms with Crippen LogP contribution in [-0.4, -0.2) is 0 Å². The summed E-state index contributed by atoms with van der Waals surface area (Å²) in [6.45, 7) is 0. The van der Waals surface area contributed by atoms with Gasteiger partial charge in [0.05, 0.1) is 0 Å². The molecule has 0 spiro atoms. The fraction of sp³-hybridized carbons (Fsp3) is 0. The second-order valence-electron chi connectivity index (χ2n) is 2.82. The Balaban J connectivity index is 0.00000112. The van der Waals surface area contributed by atoms with Crippen LogP contribution in [0.25, 0.3) is 11.1 Å². The number of halogens is 2. The third-order valence-corrected chi connectivity index (χ3v) is 1.84. The predicted molar refractivity (Wildman–Crippen MR) is 49.5 cm³/mol. The van der Waals surface area contributed by atoms with Crippen LogP contribution in [0.3, 0.4) is 0 Å². The Bertz CT molecular complexity index is 441. The minimum atomic E-state index is -0.623. The first-order valence-corrected chi connectivity index (χ1v) is 4.11. The van der Waals surface area contributed by atoms with Crippen molar-refractivity contribution >= 4 is 0 Å². The molecule has 0 N–H and O–H groups in total. The zero-order chi connectivity index (χ0) is 9.97. The first-order chi connectivity index (χ1) is 6.77. The second-order valence-corrected chi connectivity index (χ2v) is 2.82. The largest absolute Gasteiger partial charge is 0.276 e. The van der Waals surface area contributed by atoms with Crippen molar-refractivity contribution in [3.63, 3.8) is 0 Å². The fourth-order valence-electron chi connectivity index (χ4n) is 1.20. The summed E-state index contributed by atoms with van der Waals surface area (Å²) in [5, 5.41) is 0. The van der Waals surface area contributed by atoms with Gasteiger partial charge in [-0.15, -0.1) is 12.1 Å². The van der Waals surface area contributed by atoms with Crippen molar-refractivity contribution in [1.29, 1.82) is 0 Å². The first-order valence-electron chi connectivity index (χ1n) is 4.11. The van der Waals surface area contributed by atoms with Gasteiger partial charge in [0.2, 0.25) is 0 Å². The van der Waals surface area contributed by atoms with Crippen LogP contribution < -0.4 is 0 Å². The summed E-state index contributed by atoms with van der Waals surface area (Å²) in [7, 11) is 0. The van der Waals surface area contributed by atoms with Crippen LogP contribution in [0.1, 0.15) is 0 Å². The van der Waals surface area contributed by atoms with Gasteiger partial charge >= 0.3 is 0 Å². The molecule has 0 aliphatic heterocycles. The van der Waals surface area contributed by atoms with E-state index in [1.807, 2.05) is 0 Å². The van der Waals surface area contributed by atoms with Crippen LogP contribution in [0, 0.1) is 23.8 Å². The molecular weight excluding hydrogens is 374 g/mol. The molecule has 0 aromatic heterocycles. The number of hydrogen-bond donors (Lipinski definition) is 0. The van der Waals surface area contributed by atoms with E-state index >= 15 is 0 Å². The summed E-state index contributed by atoms with van der Waals surface area (Å²) in [6, 6.07) is 14.3. The Labute approximate surface area is 100 Å². The van der Waals surface area contributed by atoms with Crippen molar-refractivity contribution in [3.05, 3.63) is 60.2 Å². The molecule has 0 saturated carbocycles. The summed E-state index contributed by atoms with van der Waals surface area (Å²) >= 11 is 0. The van der Waals surface area contributed by atoms with Crippen LogP contribution in [0.2, 0.25) is 0 Å². The first kappa shape index (κ1) is 12.0. The quantitative estimate of drug-likeness (QED) is 0.667. The van der Waals surface area contributed by atoms with Crippen LogP contribution in [0.4, 0.5) is 8.78 Å². The van der Waals surface area contributed by atoms with Gasteiger partial charge in [0.15, 0.2) is 0 Å². The zero-order valence-electron chi connectivity index (χ0n) is 7.55. The minimum absolute atomic E-state index is 0. The molecule has 2 aromatic carbocycles. The number of benzene rings is 2. The van der Waals surface area contributed by atoms with Gasteiger partial charge in [-0.05, 0) is 5.82 Å². The molecule has 0 aliphatic rings. The topological polar surface area (TPSA) is 0 Å². The van der Waals surface area contributed by atoms with Crippen molar-refractivity contribution in [2.24, 2.45) is 0 Å². The number of hydrogen-bond acceptors (Lipinski definition) is 0. The molecule has 0 aliphatic carbocycles. The molecule has 0 saturated heterocycles. The SMILES string of the molecule is Fc1c[c-]c(-c2[c-]cccc2)c(F)c1.[Ir]. The maximum Gasteiger partial charge on any atom is 0.0391 e. The van der Waals surface area contributed by atoms with E-state index in [4.69, 9.17) is 0 Å². The van der Waals surface area contributed by atoms with Crippen LogP contribution in [0.5, 0.6) is 0 Å². The van der Waals surface area contributed by atoms with E-state index < -0.39 is 11.6 Å². The standard InChI is InChI=1S/C12H6F2.Ir/c13-10-6-7-11(12(14)8-10)9-4-2-1-3-5-9;/h1-4,6,8H;/q-2;. The monoisotopic (exact) mass is 381 g/mol. The molecular formula is C12H6F2Ir-2. The van der Waals surface area contributed by atoms with Crippen molar-refractivity contribution in [2.45, 2.75) is 0 Å². The second kappa shape index (κ2) is 5.15. The minimum Gasteiger partial charge on any atom is -0.276 e. The molecule has 0 unspecified atom stereocenters. The average Bonchev–Trinajstić information content (AvgIpc) is 2.19. The Kier molecular flexibility index (Phi) is 4.13. The van der Waals surface area contributed by atoms with Crippen LogP contribution in [-0.2, 0) is 20.1 Å². The van der Waals surface area contributed by atoms with Gasteiger partial charge < -0.3 is 0 Å². The predicted octanol–water partition coefficient (Wildman–Crippen LogP) is 3.23. The summed E-state index contributed by atoms with van der Waals surface area (Å²) < 4.78 is 25.8. The fourth-order valence-corrected chi connectivity index (χ4v) is 1.20. The van der Waals surface area contributed by atoms with E-state index in [1.54, 1.807) is 24.3 Å². The van der Waals surface area contributed by atoms with Gasteiger partial charge in [-0.1, -0.05) is 6.07 Å². The maximum absolute atomic E-state index is 13.2. The van der Waals surface area contributed by atoms with Crippen molar-refractivity contribution in [1.82, 2.24) is 0 Å². The number of rotatable bonds is 1. The summed E-state index contributed by atoms with van der Waals surface area (Å²) in [6.07, 6.45) is 0. The van der Waals surface area contributed by atoms with E-state index in [2.05, 4.69) is 12.1 Å². The van der Waals surface area contributed by atoms with Gasteiger partial charge in [0.1, 0.15) is 0 Å². The third kappa shape index (κ3) is 2.71. The van der Waals surface area contributed by atoms with Crippen molar-refractivity contribution in [2.75, 3.05) is 0 Å². The summed E-state index contributed by atoms with van der Waals surface area (Å²) in [4.78, 5) is 0. The Hall–Kier alpha value is -1.05. The molecule has 0 bridgehead atoms. The summed E-state index contributed by atoms with van der Waals surface area (Å²) in [5.74, 6) is -1.24. The van der Waals surface area contributed by atoms with E-state index in [0.717, 1.165) is 12.1 Å². The molecule has 0 nitrogen and oxygen atoms in total. The van der Waals surface area contributed by atoms with E-state index in [0.29, 0.717) is 5.56 Å². The molecule has 0 fully saturated rings. The molecule has 0 heterocycles. The zero-order valence-corrected chi connectivity index (χ0v) is 9.95. The maximum atomic E-state index is 13.2. The smallest absolute Gasteiger partial charge is 0.0391 e. The van der Waals surface area contributed by atoms with Gasteiger partial charge in [-0.3, -0.25) is 8.78 Å². The Morgan fingerprint density at radius 3 is 2.47 bits per heavy atom. The van der Waals surface area contributed by atoms with Crippen molar-refractivity contribution in [3.8, 4) is 11.1 Å². The molecule has 0 atom stereocenters. The van der Waals surface area contributed by atoms with Crippen LogP contribution in [0.15, 0.2) is 36.4 Å². The van der Waals surface area contributed by atoms with Crippen LogP contribution >= 0.6 is 0 Å². The Morgan fingerprint density at radius 1 is 1.07 bits per heavy atom. The molecule has 79 valence electrons. The van der Waals surface area contributed by atoms with E-state index in [-0.39, 0.29) is 25.7 Å². The summed E-state index contributed by atoms with van der Waals surface area (Å²) in [5.41, 5.74) is 0.817. The van der Waals surface area contributed by atoms with Gasteiger partial charge in [-0.2, -0.15) is 35.9 Å². The molecule has 1 radical (unpaired) electrons. The molecule has 2 aromatic rings. The molecule has 3 heteroatoms. The average molecular weight is 380 g/mol. The van der Waals surface area contributed by atoms with Crippen molar-refractivity contribution < 1.29 is 28.9 Å². The molecule has 2 rings (SSSR count).